The molecule has 28 heavy (non-hydrogen) atoms. The number of rotatable bonds is 8. The Bertz CT molecular complexity index is 804. The largest absolute Gasteiger partial charge is 0.469 e. The predicted molar refractivity (Wildman–Crippen MR) is 101 cm³/mol. The Morgan fingerprint density at radius 1 is 1.39 bits per heavy atom. The Kier molecular flexibility index (Phi) is 6.35. The van der Waals surface area contributed by atoms with Gasteiger partial charge in [-0.2, -0.15) is 0 Å². The summed E-state index contributed by atoms with van der Waals surface area (Å²) in [6, 6.07) is 0. The Morgan fingerprint density at radius 2 is 2.18 bits per heavy atom. The van der Waals surface area contributed by atoms with Crippen LogP contribution in [0.5, 0.6) is 0 Å². The molecule has 0 atom stereocenters. The number of imidazole rings is 1. The van der Waals surface area contributed by atoms with Gasteiger partial charge in [0.2, 0.25) is 11.6 Å². The van der Waals surface area contributed by atoms with Gasteiger partial charge in [-0.05, 0) is 19.3 Å². The van der Waals surface area contributed by atoms with Crippen LogP contribution in [0.4, 0.5) is 17.3 Å². The molecule has 1 N–H and O–H groups in total. The molecule has 3 rings (SSSR count). The van der Waals surface area contributed by atoms with Crippen molar-refractivity contribution in [3.8, 4) is 0 Å². The van der Waals surface area contributed by atoms with Crippen LogP contribution in [0.1, 0.15) is 19.3 Å². The topological polar surface area (TPSA) is 128 Å². The van der Waals surface area contributed by atoms with E-state index in [2.05, 4.69) is 20.3 Å². The van der Waals surface area contributed by atoms with Crippen LogP contribution in [0.2, 0.25) is 0 Å². The summed E-state index contributed by atoms with van der Waals surface area (Å²) in [4.78, 5) is 36.9. The van der Waals surface area contributed by atoms with E-state index in [0.29, 0.717) is 32.5 Å². The van der Waals surface area contributed by atoms with Gasteiger partial charge in [-0.15, -0.1) is 0 Å². The number of esters is 1. The monoisotopic (exact) mass is 389 g/mol. The van der Waals surface area contributed by atoms with E-state index < -0.39 is 4.92 Å². The van der Waals surface area contributed by atoms with E-state index in [9.17, 15) is 14.9 Å². The minimum atomic E-state index is -0.458. The fourth-order valence-electron chi connectivity index (χ4n) is 3.28. The molecular weight excluding hydrogens is 366 g/mol. The van der Waals surface area contributed by atoms with Gasteiger partial charge >= 0.3 is 11.7 Å². The quantitative estimate of drug-likeness (QED) is 0.309. The summed E-state index contributed by atoms with van der Waals surface area (Å²) in [6.07, 6.45) is 8.53. The van der Waals surface area contributed by atoms with Crippen molar-refractivity contribution < 1.29 is 14.5 Å². The highest BCUT2D eigenvalue weighted by atomic mass is 16.6. The fraction of sp³-hybridized carbons (Fsp3) is 0.529. The van der Waals surface area contributed by atoms with E-state index in [1.807, 2.05) is 15.7 Å². The normalized spacial score (nSPS) is 14.7. The Balaban J connectivity index is 1.66. The number of hydrogen-bond acceptors (Lipinski definition) is 9. The average molecular weight is 389 g/mol. The van der Waals surface area contributed by atoms with Crippen LogP contribution in [0.25, 0.3) is 0 Å². The molecule has 11 heteroatoms. The molecule has 11 nitrogen and oxygen atoms in total. The zero-order valence-corrected chi connectivity index (χ0v) is 15.7. The van der Waals surface area contributed by atoms with E-state index in [1.54, 1.807) is 12.5 Å². The molecule has 0 spiro atoms. The number of methoxy groups -OCH3 is 1. The second-order valence-corrected chi connectivity index (χ2v) is 6.52. The van der Waals surface area contributed by atoms with Gasteiger partial charge in [-0.25, -0.2) is 15.0 Å². The summed E-state index contributed by atoms with van der Waals surface area (Å²) in [7, 11) is 1.37. The van der Waals surface area contributed by atoms with Gasteiger partial charge in [0.05, 0.1) is 24.3 Å². The first kappa shape index (κ1) is 19.5. The summed E-state index contributed by atoms with van der Waals surface area (Å²) in [5.41, 5.74) is -0.137. The lowest BCUT2D eigenvalue weighted by Crippen LogP contribution is -2.37. The van der Waals surface area contributed by atoms with Gasteiger partial charge in [0.1, 0.15) is 6.33 Å². The van der Waals surface area contributed by atoms with Crippen molar-refractivity contribution in [1.82, 2.24) is 19.5 Å². The minimum Gasteiger partial charge on any atom is -0.469 e. The second kappa shape index (κ2) is 9.11. The van der Waals surface area contributed by atoms with Crippen molar-refractivity contribution >= 4 is 23.3 Å². The van der Waals surface area contributed by atoms with Crippen LogP contribution in [0.3, 0.4) is 0 Å². The van der Waals surface area contributed by atoms with E-state index in [1.165, 1.54) is 13.4 Å². The summed E-state index contributed by atoms with van der Waals surface area (Å²) in [5, 5.41) is 14.7. The number of nitrogens with one attached hydrogen (secondary N) is 1. The Hall–Kier alpha value is -3.24. The predicted octanol–water partition coefficient (Wildman–Crippen LogP) is 1.47. The second-order valence-electron chi connectivity index (χ2n) is 6.52. The number of nitrogens with zero attached hydrogens (tertiary/aromatic N) is 6. The first-order chi connectivity index (χ1) is 13.6. The molecule has 0 unspecified atom stereocenters. The average Bonchev–Trinajstić information content (AvgIpc) is 3.24. The fourth-order valence-corrected chi connectivity index (χ4v) is 3.28. The molecule has 1 fully saturated rings. The van der Waals surface area contributed by atoms with Gasteiger partial charge < -0.3 is 19.5 Å². The third kappa shape index (κ3) is 4.53. The summed E-state index contributed by atoms with van der Waals surface area (Å²) in [5.74, 6) is 0.0659. The number of nitro groups is 1. The summed E-state index contributed by atoms with van der Waals surface area (Å²) >= 11 is 0. The number of carbonyl (C=O) groups is 1. The molecule has 2 aromatic rings. The zero-order chi connectivity index (χ0) is 19.9. The Labute approximate surface area is 161 Å². The zero-order valence-electron chi connectivity index (χ0n) is 15.7. The maximum Gasteiger partial charge on any atom is 0.353 e. The lowest BCUT2D eigenvalue weighted by atomic mass is 9.97. The van der Waals surface area contributed by atoms with Crippen molar-refractivity contribution in [2.75, 3.05) is 37.0 Å². The first-order valence-electron chi connectivity index (χ1n) is 9.12. The van der Waals surface area contributed by atoms with Crippen molar-refractivity contribution in [2.24, 2.45) is 5.92 Å². The van der Waals surface area contributed by atoms with Crippen LogP contribution in [0.15, 0.2) is 25.0 Å². The summed E-state index contributed by atoms with van der Waals surface area (Å²) < 4.78 is 6.72. The smallest absolute Gasteiger partial charge is 0.353 e. The van der Waals surface area contributed by atoms with Crippen LogP contribution in [-0.2, 0) is 16.1 Å². The van der Waals surface area contributed by atoms with Crippen molar-refractivity contribution in [2.45, 2.75) is 25.8 Å². The van der Waals surface area contributed by atoms with Crippen molar-refractivity contribution in [3.05, 3.63) is 35.2 Å². The number of carbonyl (C=O) groups excluding carboxylic acids is 1. The van der Waals surface area contributed by atoms with E-state index in [0.717, 1.165) is 13.0 Å². The number of ether oxygens (including phenoxy) is 1. The third-order valence-electron chi connectivity index (χ3n) is 4.76. The number of aromatic nitrogens is 4. The van der Waals surface area contributed by atoms with Crippen LogP contribution >= 0.6 is 0 Å². The lowest BCUT2D eigenvalue weighted by Gasteiger charge is -2.31. The van der Waals surface area contributed by atoms with E-state index in [4.69, 9.17) is 4.74 Å². The van der Waals surface area contributed by atoms with Crippen LogP contribution < -0.4 is 10.2 Å². The van der Waals surface area contributed by atoms with Gasteiger partial charge in [-0.3, -0.25) is 14.9 Å². The summed E-state index contributed by atoms with van der Waals surface area (Å²) in [6.45, 7) is 2.27. The highest BCUT2D eigenvalue weighted by Crippen LogP contribution is 2.34. The number of hydrogen-bond donors (Lipinski definition) is 1. The van der Waals surface area contributed by atoms with E-state index >= 15 is 0 Å². The standard InChI is InChI=1S/C17H23N7O4/c1-28-17(25)13-3-8-23(9-4-13)16-14(24(26)27)15(20-11-21-16)19-5-2-7-22-10-6-18-12-22/h6,10-13H,2-5,7-9H2,1H3,(H,19,20,21). The molecule has 0 saturated carbocycles. The van der Waals surface area contributed by atoms with Gasteiger partial charge in [-0.1, -0.05) is 0 Å². The molecular formula is C17H23N7O4. The molecule has 0 radical (unpaired) electrons. The number of anilines is 2. The molecule has 0 amide bonds. The maximum atomic E-state index is 11.7. The lowest BCUT2D eigenvalue weighted by molar-refractivity contribution is -0.383. The highest BCUT2D eigenvalue weighted by Gasteiger charge is 2.31. The number of aryl methyl sites for hydroxylation is 1. The van der Waals surface area contributed by atoms with Gasteiger partial charge in [0.25, 0.3) is 0 Å². The SMILES string of the molecule is COC(=O)C1CCN(c2ncnc(NCCCn3ccnc3)c2[N+](=O)[O-])CC1. The molecule has 0 aliphatic carbocycles. The van der Waals surface area contributed by atoms with Crippen molar-refractivity contribution in [1.29, 1.82) is 0 Å². The molecule has 0 aromatic carbocycles. The van der Waals surface area contributed by atoms with Crippen LogP contribution in [0, 0.1) is 16.0 Å². The molecule has 0 bridgehead atoms. The molecule has 1 aliphatic heterocycles. The maximum absolute atomic E-state index is 11.7. The Morgan fingerprint density at radius 3 is 2.82 bits per heavy atom. The van der Waals surface area contributed by atoms with Crippen LogP contribution in [-0.4, -0.2) is 57.2 Å². The first-order valence-corrected chi connectivity index (χ1v) is 9.12. The van der Waals surface area contributed by atoms with E-state index in [-0.39, 0.29) is 29.2 Å². The highest BCUT2D eigenvalue weighted by molar-refractivity contribution is 5.74. The van der Waals surface area contributed by atoms with Gasteiger partial charge in [0.15, 0.2) is 0 Å². The third-order valence-corrected chi connectivity index (χ3v) is 4.76. The molecule has 3 heterocycles. The molecule has 2 aromatic heterocycles. The molecule has 1 aliphatic rings. The molecule has 1 saturated heterocycles. The van der Waals surface area contributed by atoms with Crippen molar-refractivity contribution in [3.63, 3.8) is 0 Å². The number of piperidine rings is 1. The van der Waals surface area contributed by atoms with Gasteiger partial charge in [0, 0.05) is 38.6 Å². The minimum absolute atomic E-state index is 0.137. The molecule has 150 valence electrons.